The molecule has 1 fully saturated rings. The minimum Gasteiger partial charge on any atom is -0.373 e. The Morgan fingerprint density at radius 2 is 2.08 bits per heavy atom. The molecule has 0 aliphatic carbocycles. The molecular formula is C11H13O2. The van der Waals surface area contributed by atoms with Crippen molar-refractivity contribution in [2.24, 2.45) is 0 Å². The van der Waals surface area contributed by atoms with Gasteiger partial charge in [0.2, 0.25) is 0 Å². The predicted octanol–water partition coefficient (Wildman–Crippen LogP) is 1.81. The Morgan fingerprint density at radius 3 is 2.77 bits per heavy atom. The van der Waals surface area contributed by atoms with E-state index in [-0.39, 0.29) is 6.10 Å². The molecule has 1 aliphatic heterocycles. The SMILES string of the molecule is [CH]1COC(Cc2ccccc2)CO1. The molecule has 1 atom stereocenters. The van der Waals surface area contributed by atoms with Gasteiger partial charge in [-0.15, -0.1) is 0 Å². The van der Waals surface area contributed by atoms with E-state index in [9.17, 15) is 0 Å². The zero-order valence-corrected chi connectivity index (χ0v) is 7.48. The Bertz CT molecular complexity index is 240. The summed E-state index contributed by atoms with van der Waals surface area (Å²) in [7, 11) is 0. The molecule has 69 valence electrons. The van der Waals surface area contributed by atoms with Gasteiger partial charge < -0.3 is 9.47 Å². The number of benzene rings is 1. The third kappa shape index (κ3) is 2.54. The summed E-state index contributed by atoms with van der Waals surface area (Å²) in [6, 6.07) is 10.3. The number of hydrogen-bond acceptors (Lipinski definition) is 2. The molecule has 0 N–H and O–H groups in total. The fraction of sp³-hybridized carbons (Fsp3) is 0.364. The summed E-state index contributed by atoms with van der Waals surface area (Å²) < 4.78 is 10.7. The van der Waals surface area contributed by atoms with E-state index in [1.807, 2.05) is 18.2 Å². The number of hydrogen-bond donors (Lipinski definition) is 0. The molecule has 2 nitrogen and oxygen atoms in total. The lowest BCUT2D eigenvalue weighted by Crippen LogP contribution is -2.27. The lowest BCUT2D eigenvalue weighted by atomic mass is 10.1. The fourth-order valence-corrected chi connectivity index (χ4v) is 1.44. The van der Waals surface area contributed by atoms with E-state index in [2.05, 4.69) is 12.1 Å². The van der Waals surface area contributed by atoms with E-state index in [4.69, 9.17) is 9.47 Å². The molecule has 1 radical (unpaired) electrons. The fourth-order valence-electron chi connectivity index (χ4n) is 1.44. The second-order valence-electron chi connectivity index (χ2n) is 3.15. The van der Waals surface area contributed by atoms with Crippen molar-refractivity contribution >= 4 is 0 Å². The van der Waals surface area contributed by atoms with Crippen LogP contribution in [-0.2, 0) is 15.9 Å². The normalized spacial score (nSPS) is 22.9. The second-order valence-corrected chi connectivity index (χ2v) is 3.15. The summed E-state index contributed by atoms with van der Waals surface area (Å²) >= 11 is 0. The zero-order valence-electron chi connectivity index (χ0n) is 7.48. The van der Waals surface area contributed by atoms with E-state index in [0.29, 0.717) is 13.2 Å². The summed E-state index contributed by atoms with van der Waals surface area (Å²) in [5.41, 5.74) is 1.30. The van der Waals surface area contributed by atoms with Crippen LogP contribution in [0.1, 0.15) is 5.56 Å². The molecule has 0 amide bonds. The molecular weight excluding hydrogens is 164 g/mol. The Labute approximate surface area is 78.5 Å². The average Bonchev–Trinajstić information content (AvgIpc) is 2.21. The predicted molar refractivity (Wildman–Crippen MR) is 50.1 cm³/mol. The van der Waals surface area contributed by atoms with Crippen LogP contribution in [0.2, 0.25) is 0 Å². The topological polar surface area (TPSA) is 18.5 Å². The Balaban J connectivity index is 1.90. The number of ether oxygens (including phenoxy) is 2. The second kappa shape index (κ2) is 4.40. The van der Waals surface area contributed by atoms with Crippen molar-refractivity contribution in [3.63, 3.8) is 0 Å². The third-order valence-electron chi connectivity index (χ3n) is 2.11. The van der Waals surface area contributed by atoms with Crippen LogP contribution >= 0.6 is 0 Å². The maximum absolute atomic E-state index is 5.50. The van der Waals surface area contributed by atoms with E-state index < -0.39 is 0 Å². The molecule has 1 unspecified atom stereocenters. The van der Waals surface area contributed by atoms with Crippen LogP contribution in [0.3, 0.4) is 0 Å². The van der Waals surface area contributed by atoms with Gasteiger partial charge in [0.1, 0.15) is 6.61 Å². The maximum atomic E-state index is 5.50. The molecule has 1 aromatic rings. The van der Waals surface area contributed by atoms with Crippen LogP contribution < -0.4 is 0 Å². The van der Waals surface area contributed by atoms with Gasteiger partial charge in [-0.2, -0.15) is 0 Å². The molecule has 1 aromatic carbocycles. The van der Waals surface area contributed by atoms with Crippen molar-refractivity contribution in [3.8, 4) is 0 Å². The van der Waals surface area contributed by atoms with Crippen molar-refractivity contribution in [2.75, 3.05) is 13.2 Å². The van der Waals surface area contributed by atoms with Crippen molar-refractivity contribution in [3.05, 3.63) is 42.5 Å². The van der Waals surface area contributed by atoms with Crippen LogP contribution in [0.25, 0.3) is 0 Å². The molecule has 2 rings (SSSR count). The van der Waals surface area contributed by atoms with Gasteiger partial charge >= 0.3 is 0 Å². The smallest absolute Gasteiger partial charge is 0.109 e. The summed E-state index contributed by atoms with van der Waals surface area (Å²) in [5, 5.41) is 0. The summed E-state index contributed by atoms with van der Waals surface area (Å²) in [6.07, 6.45) is 1.15. The van der Waals surface area contributed by atoms with Crippen LogP contribution in [0.4, 0.5) is 0 Å². The molecule has 0 bridgehead atoms. The quantitative estimate of drug-likeness (QED) is 0.686. The van der Waals surface area contributed by atoms with Gasteiger partial charge in [-0.05, 0) is 5.56 Å². The Kier molecular flexibility index (Phi) is 2.95. The molecule has 0 spiro atoms. The summed E-state index contributed by atoms with van der Waals surface area (Å²) in [6.45, 7) is 2.99. The van der Waals surface area contributed by atoms with Gasteiger partial charge in [0.15, 0.2) is 0 Å². The lowest BCUT2D eigenvalue weighted by molar-refractivity contribution is -0.0550. The highest BCUT2D eigenvalue weighted by molar-refractivity contribution is 5.15. The largest absolute Gasteiger partial charge is 0.373 e. The van der Waals surface area contributed by atoms with Crippen molar-refractivity contribution < 1.29 is 9.47 Å². The highest BCUT2D eigenvalue weighted by Gasteiger charge is 2.14. The molecule has 1 aliphatic rings. The monoisotopic (exact) mass is 177 g/mol. The minimum atomic E-state index is 0.215. The van der Waals surface area contributed by atoms with Gasteiger partial charge in [0, 0.05) is 6.42 Å². The van der Waals surface area contributed by atoms with E-state index >= 15 is 0 Å². The Hall–Kier alpha value is -0.860. The molecule has 2 heteroatoms. The third-order valence-corrected chi connectivity index (χ3v) is 2.11. The summed E-state index contributed by atoms with van der Waals surface area (Å²) in [4.78, 5) is 0. The van der Waals surface area contributed by atoms with Crippen LogP contribution in [0.5, 0.6) is 0 Å². The first-order chi connectivity index (χ1) is 6.45. The molecule has 0 aromatic heterocycles. The van der Waals surface area contributed by atoms with E-state index in [1.165, 1.54) is 5.56 Å². The van der Waals surface area contributed by atoms with E-state index in [1.54, 1.807) is 6.61 Å². The maximum Gasteiger partial charge on any atom is 0.109 e. The van der Waals surface area contributed by atoms with Crippen molar-refractivity contribution in [1.82, 2.24) is 0 Å². The molecule has 1 heterocycles. The van der Waals surface area contributed by atoms with Crippen LogP contribution in [-0.4, -0.2) is 19.3 Å². The van der Waals surface area contributed by atoms with Crippen molar-refractivity contribution in [2.45, 2.75) is 12.5 Å². The molecule has 1 saturated heterocycles. The standard InChI is InChI=1S/C11H13O2/c1-2-4-10(5-3-1)8-11-9-12-6-7-13-11/h1-6,11H,7-9H2. The van der Waals surface area contributed by atoms with Gasteiger partial charge in [-0.1, -0.05) is 30.3 Å². The lowest BCUT2D eigenvalue weighted by Gasteiger charge is -2.22. The van der Waals surface area contributed by atoms with E-state index in [0.717, 1.165) is 6.42 Å². The first kappa shape index (κ1) is 8.73. The molecule has 13 heavy (non-hydrogen) atoms. The van der Waals surface area contributed by atoms with Gasteiger partial charge in [0.05, 0.1) is 19.3 Å². The Morgan fingerprint density at radius 1 is 1.23 bits per heavy atom. The van der Waals surface area contributed by atoms with Gasteiger partial charge in [-0.3, -0.25) is 0 Å². The van der Waals surface area contributed by atoms with Crippen LogP contribution in [0, 0.1) is 6.61 Å². The zero-order chi connectivity index (χ0) is 8.93. The average molecular weight is 177 g/mol. The van der Waals surface area contributed by atoms with Gasteiger partial charge in [-0.25, -0.2) is 0 Å². The molecule has 0 saturated carbocycles. The highest BCUT2D eigenvalue weighted by atomic mass is 16.6. The van der Waals surface area contributed by atoms with Gasteiger partial charge in [0.25, 0.3) is 0 Å². The first-order valence-electron chi connectivity index (χ1n) is 4.54. The highest BCUT2D eigenvalue weighted by Crippen LogP contribution is 2.10. The van der Waals surface area contributed by atoms with Crippen molar-refractivity contribution in [1.29, 1.82) is 0 Å². The minimum absolute atomic E-state index is 0.215. The summed E-state index contributed by atoms with van der Waals surface area (Å²) in [5.74, 6) is 0. The first-order valence-corrected chi connectivity index (χ1v) is 4.54. The van der Waals surface area contributed by atoms with Crippen LogP contribution in [0.15, 0.2) is 30.3 Å². The number of rotatable bonds is 2.